The van der Waals surface area contributed by atoms with Crippen molar-refractivity contribution in [3.8, 4) is 6.07 Å². The van der Waals surface area contributed by atoms with Crippen LogP contribution in [-0.2, 0) is 0 Å². The van der Waals surface area contributed by atoms with E-state index in [1.54, 1.807) is 19.9 Å². The molecule has 0 heterocycles. The van der Waals surface area contributed by atoms with Gasteiger partial charge < -0.3 is 10.4 Å². The van der Waals surface area contributed by atoms with Gasteiger partial charge in [-0.2, -0.15) is 5.26 Å². The largest absolute Gasteiger partial charge is 0.394 e. The van der Waals surface area contributed by atoms with Gasteiger partial charge >= 0.3 is 0 Å². The minimum absolute atomic E-state index is 0.00580. The summed E-state index contributed by atoms with van der Waals surface area (Å²) >= 11 is 0. The van der Waals surface area contributed by atoms with Crippen LogP contribution in [0, 0.1) is 21.4 Å². The molecule has 0 atom stereocenters. The van der Waals surface area contributed by atoms with Crippen molar-refractivity contribution in [3.63, 3.8) is 0 Å². The summed E-state index contributed by atoms with van der Waals surface area (Å²) in [4.78, 5) is 10.0. The zero-order valence-electron chi connectivity index (χ0n) is 9.60. The molecule has 0 unspecified atom stereocenters. The van der Waals surface area contributed by atoms with Gasteiger partial charge in [0.15, 0.2) is 0 Å². The van der Waals surface area contributed by atoms with E-state index in [-0.39, 0.29) is 17.9 Å². The van der Waals surface area contributed by atoms with Gasteiger partial charge in [-0.1, -0.05) is 0 Å². The highest BCUT2D eigenvalue weighted by Crippen LogP contribution is 2.23. The van der Waals surface area contributed by atoms with Crippen LogP contribution in [0.25, 0.3) is 0 Å². The van der Waals surface area contributed by atoms with E-state index >= 15 is 0 Å². The standard InChI is InChI=1S/C11H13N3O3/c1-11(2,7-15)13-9-3-4-10(14(16)17)8(5-9)6-12/h3-5,13,15H,7H2,1-2H3. The van der Waals surface area contributed by atoms with Crippen molar-refractivity contribution in [3.05, 3.63) is 33.9 Å². The molecule has 0 saturated carbocycles. The summed E-state index contributed by atoms with van der Waals surface area (Å²) in [5.74, 6) is 0. The fourth-order valence-corrected chi connectivity index (χ4v) is 1.29. The average Bonchev–Trinajstić information content (AvgIpc) is 2.28. The van der Waals surface area contributed by atoms with E-state index in [1.807, 2.05) is 0 Å². The molecule has 0 bridgehead atoms. The Morgan fingerprint density at radius 1 is 1.59 bits per heavy atom. The first kappa shape index (κ1) is 12.9. The number of nitriles is 1. The summed E-state index contributed by atoms with van der Waals surface area (Å²) in [6, 6.07) is 5.96. The van der Waals surface area contributed by atoms with Crippen LogP contribution in [0.5, 0.6) is 0 Å². The minimum Gasteiger partial charge on any atom is -0.394 e. The van der Waals surface area contributed by atoms with Gasteiger partial charge in [0.05, 0.1) is 17.1 Å². The topological polar surface area (TPSA) is 99.2 Å². The minimum atomic E-state index is -0.598. The lowest BCUT2D eigenvalue weighted by Gasteiger charge is -2.24. The number of nitrogens with one attached hydrogen (secondary N) is 1. The van der Waals surface area contributed by atoms with E-state index in [2.05, 4.69) is 5.32 Å². The number of rotatable bonds is 4. The molecule has 6 nitrogen and oxygen atoms in total. The number of aliphatic hydroxyl groups is 1. The molecule has 0 aliphatic heterocycles. The molecule has 0 aliphatic carbocycles. The molecule has 0 saturated heterocycles. The Bertz CT molecular complexity index is 477. The molecule has 0 aromatic heterocycles. The number of nitrogens with zero attached hydrogens (tertiary/aromatic N) is 2. The van der Waals surface area contributed by atoms with Crippen molar-refractivity contribution in [2.75, 3.05) is 11.9 Å². The lowest BCUT2D eigenvalue weighted by atomic mass is 10.1. The molecule has 1 aromatic rings. The Kier molecular flexibility index (Phi) is 3.66. The second-order valence-electron chi connectivity index (χ2n) is 4.27. The van der Waals surface area contributed by atoms with Crippen LogP contribution < -0.4 is 5.32 Å². The number of hydrogen-bond donors (Lipinski definition) is 2. The molecule has 0 amide bonds. The molecule has 17 heavy (non-hydrogen) atoms. The Morgan fingerprint density at radius 2 is 2.24 bits per heavy atom. The zero-order chi connectivity index (χ0) is 13.1. The van der Waals surface area contributed by atoms with Crippen LogP contribution in [0.3, 0.4) is 0 Å². The Morgan fingerprint density at radius 3 is 2.71 bits per heavy atom. The summed E-state index contributed by atoms with van der Waals surface area (Å²) < 4.78 is 0. The van der Waals surface area contributed by atoms with Gasteiger partial charge in [-0.3, -0.25) is 10.1 Å². The maximum absolute atomic E-state index is 10.6. The molecular weight excluding hydrogens is 222 g/mol. The van der Waals surface area contributed by atoms with Crippen LogP contribution in [0.4, 0.5) is 11.4 Å². The third kappa shape index (κ3) is 3.16. The maximum Gasteiger partial charge on any atom is 0.287 e. The van der Waals surface area contributed by atoms with E-state index in [9.17, 15) is 10.1 Å². The number of nitro benzene ring substituents is 1. The summed E-state index contributed by atoms with van der Waals surface area (Å²) in [5.41, 5.74) is -0.220. The average molecular weight is 235 g/mol. The molecule has 90 valence electrons. The quantitative estimate of drug-likeness (QED) is 0.610. The van der Waals surface area contributed by atoms with Crippen LogP contribution in [0.2, 0.25) is 0 Å². The molecule has 0 spiro atoms. The van der Waals surface area contributed by atoms with E-state index in [1.165, 1.54) is 18.2 Å². The molecule has 2 N–H and O–H groups in total. The first-order valence-electron chi connectivity index (χ1n) is 4.97. The van der Waals surface area contributed by atoms with Gasteiger partial charge in [-0.15, -0.1) is 0 Å². The Balaban J connectivity index is 3.07. The van der Waals surface area contributed by atoms with Crippen molar-refractivity contribution < 1.29 is 10.0 Å². The van der Waals surface area contributed by atoms with E-state index in [0.29, 0.717) is 5.69 Å². The van der Waals surface area contributed by atoms with Crippen molar-refractivity contribution in [1.29, 1.82) is 5.26 Å². The van der Waals surface area contributed by atoms with Crippen molar-refractivity contribution >= 4 is 11.4 Å². The van der Waals surface area contributed by atoms with Gasteiger partial charge in [-0.05, 0) is 26.0 Å². The van der Waals surface area contributed by atoms with Gasteiger partial charge in [-0.25, -0.2) is 0 Å². The predicted octanol–water partition coefficient (Wildman–Crippen LogP) is 1.65. The van der Waals surface area contributed by atoms with Crippen LogP contribution in [0.15, 0.2) is 18.2 Å². The van der Waals surface area contributed by atoms with Crippen LogP contribution in [-0.4, -0.2) is 22.2 Å². The SMILES string of the molecule is CC(C)(CO)Nc1ccc([N+](=O)[O-])c(C#N)c1. The number of aliphatic hydroxyl groups excluding tert-OH is 1. The van der Waals surface area contributed by atoms with Gasteiger partial charge in [0.1, 0.15) is 11.6 Å². The summed E-state index contributed by atoms with van der Waals surface area (Å²) in [7, 11) is 0. The van der Waals surface area contributed by atoms with Crippen LogP contribution in [0.1, 0.15) is 19.4 Å². The van der Waals surface area contributed by atoms with Crippen molar-refractivity contribution in [2.45, 2.75) is 19.4 Å². The second-order valence-corrected chi connectivity index (χ2v) is 4.27. The normalized spacial score (nSPS) is 10.7. The lowest BCUT2D eigenvalue weighted by molar-refractivity contribution is -0.385. The first-order valence-corrected chi connectivity index (χ1v) is 4.97. The van der Waals surface area contributed by atoms with E-state index in [4.69, 9.17) is 10.4 Å². The highest BCUT2D eigenvalue weighted by molar-refractivity contribution is 5.59. The van der Waals surface area contributed by atoms with Gasteiger partial charge in [0, 0.05) is 11.8 Å². The number of hydrogen-bond acceptors (Lipinski definition) is 5. The fourth-order valence-electron chi connectivity index (χ4n) is 1.29. The second kappa shape index (κ2) is 4.80. The van der Waals surface area contributed by atoms with Gasteiger partial charge in [0.2, 0.25) is 0 Å². The molecule has 6 heteroatoms. The highest BCUT2D eigenvalue weighted by atomic mass is 16.6. The molecule has 0 aliphatic rings. The van der Waals surface area contributed by atoms with Crippen LogP contribution >= 0.6 is 0 Å². The number of anilines is 1. The number of nitro groups is 1. The summed E-state index contributed by atoms with van der Waals surface area (Å²) in [6.07, 6.45) is 0. The van der Waals surface area contributed by atoms with Crippen molar-refractivity contribution in [1.82, 2.24) is 0 Å². The predicted molar refractivity (Wildman–Crippen MR) is 62.6 cm³/mol. The zero-order valence-corrected chi connectivity index (χ0v) is 9.60. The third-order valence-corrected chi connectivity index (χ3v) is 2.19. The van der Waals surface area contributed by atoms with Gasteiger partial charge in [0.25, 0.3) is 5.69 Å². The lowest BCUT2D eigenvalue weighted by Crippen LogP contribution is -2.34. The number of benzene rings is 1. The molecule has 1 aromatic carbocycles. The molecule has 1 rings (SSSR count). The summed E-state index contributed by atoms with van der Waals surface area (Å²) in [5, 5.41) is 31.5. The first-order chi connectivity index (χ1) is 7.89. The monoisotopic (exact) mass is 235 g/mol. The third-order valence-electron chi connectivity index (χ3n) is 2.19. The molecule has 0 radical (unpaired) electrons. The fraction of sp³-hybridized carbons (Fsp3) is 0.364. The summed E-state index contributed by atoms with van der Waals surface area (Å²) in [6.45, 7) is 3.47. The smallest absolute Gasteiger partial charge is 0.287 e. The highest BCUT2D eigenvalue weighted by Gasteiger charge is 2.18. The maximum atomic E-state index is 10.6. The van der Waals surface area contributed by atoms with E-state index in [0.717, 1.165) is 0 Å². The molecular formula is C11H13N3O3. The Labute approximate surface area is 98.6 Å². The van der Waals surface area contributed by atoms with E-state index < -0.39 is 10.5 Å². The molecule has 0 fully saturated rings. The Hall–Kier alpha value is -2.13. The van der Waals surface area contributed by atoms with Crippen molar-refractivity contribution in [2.24, 2.45) is 0 Å².